The number of hydrogen-bond donors (Lipinski definition) is 2. The van der Waals surface area contributed by atoms with Gasteiger partial charge in [-0.15, -0.1) is 0 Å². The predicted octanol–water partition coefficient (Wildman–Crippen LogP) is 1.83. The van der Waals surface area contributed by atoms with Crippen molar-refractivity contribution in [2.45, 2.75) is 25.2 Å². The quantitative estimate of drug-likeness (QED) is 0.880. The first-order valence-corrected chi connectivity index (χ1v) is 6.62. The molecule has 2 N–H and O–H groups in total. The highest BCUT2D eigenvalue weighted by molar-refractivity contribution is 5.28. The Morgan fingerprint density at radius 1 is 1.42 bits per heavy atom. The molecule has 0 radical (unpaired) electrons. The second kappa shape index (κ2) is 5.40. The number of aromatic hydroxyl groups is 1. The molecule has 0 bridgehead atoms. The molecule has 1 fully saturated rings. The van der Waals surface area contributed by atoms with Crippen molar-refractivity contribution in [1.82, 2.24) is 15.5 Å². The van der Waals surface area contributed by atoms with Crippen LogP contribution in [0.4, 0.5) is 0 Å². The molecule has 1 atom stereocenters. The van der Waals surface area contributed by atoms with E-state index in [1.54, 1.807) is 12.1 Å². The summed E-state index contributed by atoms with van der Waals surface area (Å²) in [6.07, 6.45) is 2.82. The van der Waals surface area contributed by atoms with E-state index < -0.39 is 0 Å². The molecule has 0 spiro atoms. The summed E-state index contributed by atoms with van der Waals surface area (Å²) in [5, 5.41) is 16.8. The molecule has 1 aliphatic rings. The van der Waals surface area contributed by atoms with Gasteiger partial charge < -0.3 is 14.9 Å². The van der Waals surface area contributed by atoms with Crippen molar-refractivity contribution in [3.05, 3.63) is 41.5 Å². The van der Waals surface area contributed by atoms with Crippen molar-refractivity contribution in [3.63, 3.8) is 0 Å². The smallest absolute Gasteiger partial charge is 0.231 e. The van der Waals surface area contributed by atoms with Gasteiger partial charge in [0.2, 0.25) is 5.89 Å². The van der Waals surface area contributed by atoms with Gasteiger partial charge in [0.05, 0.1) is 6.42 Å². The van der Waals surface area contributed by atoms with E-state index in [1.165, 1.54) is 0 Å². The van der Waals surface area contributed by atoms with Gasteiger partial charge in [-0.2, -0.15) is 4.98 Å². The molecule has 0 saturated carbocycles. The zero-order chi connectivity index (χ0) is 13.1. The lowest BCUT2D eigenvalue weighted by Crippen LogP contribution is -2.28. The molecule has 5 heteroatoms. The molecule has 1 aromatic heterocycles. The van der Waals surface area contributed by atoms with E-state index >= 15 is 0 Å². The van der Waals surface area contributed by atoms with Gasteiger partial charge >= 0.3 is 0 Å². The number of phenols is 1. The van der Waals surface area contributed by atoms with E-state index in [2.05, 4.69) is 15.5 Å². The summed E-state index contributed by atoms with van der Waals surface area (Å²) in [6, 6.07) is 7.11. The Hall–Kier alpha value is -1.88. The first-order valence-electron chi connectivity index (χ1n) is 6.62. The predicted molar refractivity (Wildman–Crippen MR) is 70.1 cm³/mol. The number of aromatic nitrogens is 2. The maximum absolute atomic E-state index is 9.43. The van der Waals surface area contributed by atoms with Gasteiger partial charge in [-0.25, -0.2) is 0 Å². The van der Waals surface area contributed by atoms with Crippen molar-refractivity contribution in [2.75, 3.05) is 13.1 Å². The van der Waals surface area contributed by atoms with Gasteiger partial charge in [0.15, 0.2) is 5.82 Å². The van der Waals surface area contributed by atoms with Crippen molar-refractivity contribution in [3.8, 4) is 5.75 Å². The van der Waals surface area contributed by atoms with E-state index in [0.717, 1.165) is 37.3 Å². The molecule has 5 nitrogen and oxygen atoms in total. The number of benzene rings is 1. The van der Waals surface area contributed by atoms with Crippen LogP contribution in [-0.2, 0) is 6.42 Å². The number of rotatable bonds is 3. The van der Waals surface area contributed by atoms with Crippen LogP contribution in [0.5, 0.6) is 5.75 Å². The Kier molecular flexibility index (Phi) is 3.46. The lowest BCUT2D eigenvalue weighted by Gasteiger charge is -2.19. The van der Waals surface area contributed by atoms with Crippen molar-refractivity contribution in [2.24, 2.45) is 0 Å². The second-order valence-corrected chi connectivity index (χ2v) is 4.94. The summed E-state index contributed by atoms with van der Waals surface area (Å²) in [5.41, 5.74) is 0.969. The van der Waals surface area contributed by atoms with Gasteiger partial charge in [0, 0.05) is 12.5 Å². The van der Waals surface area contributed by atoms with E-state index in [-0.39, 0.29) is 5.75 Å². The van der Waals surface area contributed by atoms with Crippen LogP contribution in [0.1, 0.15) is 36.0 Å². The molecule has 3 rings (SSSR count). The molecule has 2 heterocycles. The third-order valence-corrected chi connectivity index (χ3v) is 3.41. The Morgan fingerprint density at radius 3 is 3.16 bits per heavy atom. The molecule has 1 aliphatic heterocycles. The maximum atomic E-state index is 9.43. The molecule has 1 unspecified atom stereocenters. The summed E-state index contributed by atoms with van der Waals surface area (Å²) in [7, 11) is 0. The highest BCUT2D eigenvalue weighted by Gasteiger charge is 2.20. The molecule has 0 aliphatic carbocycles. The fraction of sp³-hybridized carbons (Fsp3) is 0.429. The van der Waals surface area contributed by atoms with Crippen molar-refractivity contribution in [1.29, 1.82) is 0 Å². The average molecular weight is 259 g/mol. The number of nitrogens with one attached hydrogen (secondary N) is 1. The number of hydrogen-bond acceptors (Lipinski definition) is 5. The normalized spacial score (nSPS) is 19.5. The summed E-state index contributed by atoms with van der Waals surface area (Å²) >= 11 is 0. The third kappa shape index (κ3) is 2.93. The Balaban J connectivity index is 1.70. The van der Waals surface area contributed by atoms with Gasteiger partial charge in [0.25, 0.3) is 0 Å². The third-order valence-electron chi connectivity index (χ3n) is 3.41. The molecular formula is C14H17N3O2. The topological polar surface area (TPSA) is 71.2 Å². The van der Waals surface area contributed by atoms with E-state index in [4.69, 9.17) is 4.52 Å². The minimum absolute atomic E-state index is 0.258. The number of nitrogens with zero attached hydrogens (tertiary/aromatic N) is 2. The van der Waals surface area contributed by atoms with Gasteiger partial charge in [-0.1, -0.05) is 17.3 Å². The summed E-state index contributed by atoms with van der Waals surface area (Å²) in [4.78, 5) is 4.46. The minimum Gasteiger partial charge on any atom is -0.508 e. The molecule has 100 valence electrons. The zero-order valence-corrected chi connectivity index (χ0v) is 10.7. The van der Waals surface area contributed by atoms with Crippen molar-refractivity contribution < 1.29 is 9.63 Å². The molecule has 1 aromatic carbocycles. The highest BCUT2D eigenvalue weighted by Crippen LogP contribution is 2.21. The zero-order valence-electron chi connectivity index (χ0n) is 10.7. The van der Waals surface area contributed by atoms with Crippen LogP contribution in [-0.4, -0.2) is 28.3 Å². The van der Waals surface area contributed by atoms with Crippen LogP contribution in [0, 0.1) is 0 Å². The van der Waals surface area contributed by atoms with Crippen LogP contribution in [0.2, 0.25) is 0 Å². The number of phenolic OH excluding ortho intramolecular Hbond substituents is 1. The van der Waals surface area contributed by atoms with E-state index in [0.29, 0.717) is 18.2 Å². The Morgan fingerprint density at radius 2 is 2.37 bits per heavy atom. The first-order chi connectivity index (χ1) is 9.31. The second-order valence-electron chi connectivity index (χ2n) is 4.94. The molecule has 19 heavy (non-hydrogen) atoms. The molecular weight excluding hydrogens is 242 g/mol. The van der Waals surface area contributed by atoms with Crippen LogP contribution >= 0.6 is 0 Å². The molecule has 1 saturated heterocycles. The fourth-order valence-corrected chi connectivity index (χ4v) is 2.42. The van der Waals surface area contributed by atoms with Crippen LogP contribution < -0.4 is 5.32 Å². The average Bonchev–Trinajstić information content (AvgIpc) is 2.88. The van der Waals surface area contributed by atoms with Crippen molar-refractivity contribution >= 4 is 0 Å². The summed E-state index contributed by atoms with van der Waals surface area (Å²) in [5.74, 6) is 2.01. The van der Waals surface area contributed by atoms with Crippen LogP contribution in [0.25, 0.3) is 0 Å². The summed E-state index contributed by atoms with van der Waals surface area (Å²) < 4.78 is 5.29. The minimum atomic E-state index is 0.258. The van der Waals surface area contributed by atoms with E-state index in [1.807, 2.05) is 12.1 Å². The molecule has 0 amide bonds. The SMILES string of the molecule is Oc1cccc(Cc2nc(C3CCCNC3)no2)c1. The van der Waals surface area contributed by atoms with Gasteiger partial charge in [-0.05, 0) is 37.1 Å². The molecule has 2 aromatic rings. The Labute approximate surface area is 111 Å². The van der Waals surface area contributed by atoms with Gasteiger partial charge in [-0.3, -0.25) is 0 Å². The highest BCUT2D eigenvalue weighted by atomic mass is 16.5. The lowest BCUT2D eigenvalue weighted by molar-refractivity contribution is 0.365. The van der Waals surface area contributed by atoms with Crippen LogP contribution in [0.3, 0.4) is 0 Å². The maximum Gasteiger partial charge on any atom is 0.231 e. The number of piperidine rings is 1. The van der Waals surface area contributed by atoms with Gasteiger partial charge in [0.1, 0.15) is 5.75 Å². The summed E-state index contributed by atoms with van der Waals surface area (Å²) in [6.45, 7) is 2.00. The largest absolute Gasteiger partial charge is 0.508 e. The van der Waals surface area contributed by atoms with E-state index in [9.17, 15) is 5.11 Å². The standard InChI is InChI=1S/C14H17N3O2/c18-12-5-1-3-10(7-12)8-13-16-14(17-19-13)11-4-2-6-15-9-11/h1,3,5,7,11,15,18H,2,4,6,8-9H2. The monoisotopic (exact) mass is 259 g/mol. The first kappa shape index (κ1) is 12.2. The van der Waals surface area contributed by atoms with Crippen LogP contribution in [0.15, 0.2) is 28.8 Å². The fourth-order valence-electron chi connectivity index (χ4n) is 2.42. The lowest BCUT2D eigenvalue weighted by atomic mass is 9.99. The Bertz CT molecular complexity index is 547.